The van der Waals surface area contributed by atoms with Gasteiger partial charge >= 0.3 is 5.69 Å². The summed E-state index contributed by atoms with van der Waals surface area (Å²) in [5, 5.41) is 0.607. The number of nitrogens with zero attached hydrogens (tertiary/aromatic N) is 1. The summed E-state index contributed by atoms with van der Waals surface area (Å²) in [6.07, 6.45) is 2.09. The first-order chi connectivity index (χ1) is 13.0. The van der Waals surface area contributed by atoms with Gasteiger partial charge in [-0.05, 0) is 55.7 Å². The Balaban J connectivity index is 1.95. The molecule has 0 aliphatic carbocycles. The lowest BCUT2D eigenvalue weighted by Gasteiger charge is -2.15. The lowest BCUT2D eigenvalue weighted by molar-refractivity contribution is 0.0447. The minimum atomic E-state index is -0.483. The van der Waals surface area contributed by atoms with Crippen molar-refractivity contribution in [1.29, 1.82) is 0 Å². The van der Waals surface area contributed by atoms with Crippen LogP contribution in [-0.4, -0.2) is 9.55 Å². The Bertz CT molecular complexity index is 1010. The fourth-order valence-electron chi connectivity index (χ4n) is 2.87. The molecule has 0 amide bonds. The molecule has 2 heterocycles. The number of benzene rings is 1. The molecule has 0 saturated carbocycles. The average Bonchev–Trinajstić information content (AvgIpc) is 3.10. The first-order valence-electron chi connectivity index (χ1n) is 8.70. The van der Waals surface area contributed by atoms with Crippen LogP contribution in [0.15, 0.2) is 60.5 Å². The summed E-state index contributed by atoms with van der Waals surface area (Å²) in [5.41, 5.74) is 1.99. The number of furan rings is 1. The number of rotatable bonds is 7. The van der Waals surface area contributed by atoms with E-state index >= 15 is 0 Å². The Morgan fingerprint density at radius 1 is 1.19 bits per heavy atom. The number of hydrogen-bond acceptors (Lipinski definition) is 5. The fourth-order valence-corrected chi connectivity index (χ4v) is 4.19. The van der Waals surface area contributed by atoms with Crippen molar-refractivity contribution in [2.24, 2.45) is 0 Å². The fraction of sp³-hybridized carbons (Fsp3) is 0.300. The molecule has 3 aromatic rings. The zero-order valence-corrected chi connectivity index (χ0v) is 16.4. The van der Waals surface area contributed by atoms with E-state index in [-0.39, 0.29) is 18.9 Å². The highest BCUT2D eigenvalue weighted by molar-refractivity contribution is 7.99. The maximum Gasteiger partial charge on any atom is 0.331 e. The highest BCUT2D eigenvalue weighted by Gasteiger charge is 2.16. The van der Waals surface area contributed by atoms with E-state index in [9.17, 15) is 9.59 Å². The van der Waals surface area contributed by atoms with E-state index in [1.165, 1.54) is 16.3 Å². The van der Waals surface area contributed by atoms with E-state index in [4.69, 9.17) is 9.15 Å². The standard InChI is InChI=1S/C20H22N2O4S/c1-4-17-18(23)21-20(24)22(12-25-11-15-6-5-7-26-15)19(17)27-16-9-13(2)8-14(3)10-16/h5-10H,4,11-12H2,1-3H3,(H,21,23,24). The quantitative estimate of drug-likeness (QED) is 0.628. The number of aromatic nitrogens is 2. The molecule has 0 saturated heterocycles. The number of aryl methyl sites for hydroxylation is 2. The van der Waals surface area contributed by atoms with Crippen LogP contribution in [-0.2, 0) is 24.5 Å². The zero-order chi connectivity index (χ0) is 19.4. The highest BCUT2D eigenvalue weighted by Crippen LogP contribution is 2.30. The second-order valence-corrected chi connectivity index (χ2v) is 7.37. The van der Waals surface area contributed by atoms with Crippen molar-refractivity contribution in [3.63, 3.8) is 0 Å². The second kappa shape index (κ2) is 8.45. The Hall–Kier alpha value is -2.51. The highest BCUT2D eigenvalue weighted by atomic mass is 32.2. The Kier molecular flexibility index (Phi) is 6.03. The van der Waals surface area contributed by atoms with E-state index in [1.54, 1.807) is 18.4 Å². The van der Waals surface area contributed by atoms with Gasteiger partial charge in [0.25, 0.3) is 5.56 Å². The van der Waals surface area contributed by atoms with Gasteiger partial charge in [-0.3, -0.25) is 14.3 Å². The van der Waals surface area contributed by atoms with Gasteiger partial charge in [0.2, 0.25) is 0 Å². The molecule has 0 atom stereocenters. The molecule has 3 rings (SSSR count). The molecule has 0 aliphatic heterocycles. The molecule has 7 heteroatoms. The van der Waals surface area contributed by atoms with E-state index in [0.29, 0.717) is 22.8 Å². The maximum absolute atomic E-state index is 12.4. The van der Waals surface area contributed by atoms with Crippen LogP contribution in [0.5, 0.6) is 0 Å². The molecule has 2 aromatic heterocycles. The molecule has 0 aliphatic rings. The van der Waals surface area contributed by atoms with Crippen LogP contribution < -0.4 is 11.2 Å². The molecule has 6 nitrogen and oxygen atoms in total. The van der Waals surface area contributed by atoms with E-state index in [1.807, 2.05) is 32.9 Å². The van der Waals surface area contributed by atoms with Crippen LogP contribution in [0.2, 0.25) is 0 Å². The minimum absolute atomic E-state index is 0.0243. The summed E-state index contributed by atoms with van der Waals surface area (Å²) in [7, 11) is 0. The second-order valence-electron chi connectivity index (χ2n) is 6.31. The molecule has 142 valence electrons. The summed E-state index contributed by atoms with van der Waals surface area (Å²) >= 11 is 1.41. The smallest absolute Gasteiger partial charge is 0.331 e. The number of H-pyrrole nitrogens is 1. The van der Waals surface area contributed by atoms with Gasteiger partial charge in [-0.25, -0.2) is 4.79 Å². The van der Waals surface area contributed by atoms with Gasteiger partial charge in [-0.2, -0.15) is 0 Å². The zero-order valence-electron chi connectivity index (χ0n) is 15.6. The van der Waals surface area contributed by atoms with E-state index < -0.39 is 5.69 Å². The van der Waals surface area contributed by atoms with Crippen molar-refractivity contribution in [2.45, 2.75) is 50.5 Å². The third kappa shape index (κ3) is 4.61. The summed E-state index contributed by atoms with van der Waals surface area (Å²) in [6.45, 7) is 6.21. The Morgan fingerprint density at radius 2 is 1.93 bits per heavy atom. The molecular weight excluding hydrogens is 364 g/mol. The summed E-state index contributed by atoms with van der Waals surface area (Å²) in [6, 6.07) is 9.75. The first kappa shape index (κ1) is 19.3. The minimum Gasteiger partial charge on any atom is -0.467 e. The maximum atomic E-state index is 12.4. The molecule has 0 radical (unpaired) electrons. The van der Waals surface area contributed by atoms with Crippen LogP contribution >= 0.6 is 11.8 Å². The number of nitrogens with one attached hydrogen (secondary N) is 1. The number of ether oxygens (including phenoxy) is 1. The lowest BCUT2D eigenvalue weighted by Crippen LogP contribution is -2.34. The van der Waals surface area contributed by atoms with Gasteiger partial charge < -0.3 is 9.15 Å². The molecule has 1 N–H and O–H groups in total. The Labute approximate surface area is 161 Å². The van der Waals surface area contributed by atoms with Gasteiger partial charge in [0.15, 0.2) is 0 Å². The predicted molar refractivity (Wildman–Crippen MR) is 104 cm³/mol. The van der Waals surface area contributed by atoms with Gasteiger partial charge in [-0.1, -0.05) is 24.8 Å². The van der Waals surface area contributed by atoms with Crippen LogP contribution in [0, 0.1) is 13.8 Å². The van der Waals surface area contributed by atoms with Crippen molar-refractivity contribution in [3.8, 4) is 0 Å². The van der Waals surface area contributed by atoms with Crippen molar-refractivity contribution >= 4 is 11.8 Å². The monoisotopic (exact) mass is 386 g/mol. The molecule has 1 aromatic carbocycles. The molecule has 27 heavy (non-hydrogen) atoms. The number of hydrogen-bond donors (Lipinski definition) is 1. The molecule has 0 fully saturated rings. The van der Waals surface area contributed by atoms with Crippen molar-refractivity contribution in [1.82, 2.24) is 9.55 Å². The largest absolute Gasteiger partial charge is 0.467 e. The average molecular weight is 386 g/mol. The SMILES string of the molecule is CCc1c(Sc2cc(C)cc(C)c2)n(COCc2ccco2)c(=O)[nH]c1=O. The Morgan fingerprint density at radius 3 is 2.56 bits per heavy atom. The van der Waals surface area contributed by atoms with Crippen LogP contribution in [0.1, 0.15) is 29.4 Å². The summed E-state index contributed by atoms with van der Waals surface area (Å²) in [4.78, 5) is 28.1. The van der Waals surface area contributed by atoms with Crippen molar-refractivity contribution in [2.75, 3.05) is 0 Å². The van der Waals surface area contributed by atoms with Crippen molar-refractivity contribution < 1.29 is 9.15 Å². The van der Waals surface area contributed by atoms with Gasteiger partial charge in [0, 0.05) is 10.5 Å². The van der Waals surface area contributed by atoms with Gasteiger partial charge in [0.1, 0.15) is 19.1 Å². The molecular formula is C20H22N2O4S. The van der Waals surface area contributed by atoms with Crippen LogP contribution in [0.3, 0.4) is 0 Å². The van der Waals surface area contributed by atoms with E-state index in [0.717, 1.165) is 16.0 Å². The van der Waals surface area contributed by atoms with Gasteiger partial charge in [-0.15, -0.1) is 0 Å². The van der Waals surface area contributed by atoms with Crippen LogP contribution in [0.25, 0.3) is 0 Å². The third-order valence-electron chi connectivity index (χ3n) is 4.05. The van der Waals surface area contributed by atoms with Gasteiger partial charge in [0.05, 0.1) is 11.3 Å². The lowest BCUT2D eigenvalue weighted by atomic mass is 10.2. The number of aromatic amines is 1. The predicted octanol–water partition coefficient (Wildman–Crippen LogP) is 3.63. The molecule has 0 unspecified atom stereocenters. The van der Waals surface area contributed by atoms with E-state index in [2.05, 4.69) is 11.1 Å². The van der Waals surface area contributed by atoms with Crippen LogP contribution in [0.4, 0.5) is 0 Å². The summed E-state index contributed by atoms with van der Waals surface area (Å²) in [5.74, 6) is 0.673. The first-order valence-corrected chi connectivity index (χ1v) is 9.52. The topological polar surface area (TPSA) is 77.2 Å². The normalized spacial score (nSPS) is 11.1. The summed E-state index contributed by atoms with van der Waals surface area (Å²) < 4.78 is 12.4. The third-order valence-corrected chi connectivity index (χ3v) is 5.18. The van der Waals surface area contributed by atoms with Crippen molar-refractivity contribution in [3.05, 3.63) is 79.9 Å². The molecule has 0 spiro atoms. The molecule has 0 bridgehead atoms.